The Morgan fingerprint density at radius 1 is 1.57 bits per heavy atom. The maximum atomic E-state index is 5.41. The van der Waals surface area contributed by atoms with Gasteiger partial charge in [0.1, 0.15) is 0 Å². The molecule has 0 aliphatic heterocycles. The lowest BCUT2D eigenvalue weighted by Crippen LogP contribution is -2.22. The molecule has 80 valence electrons. The Labute approximate surface area is 85.3 Å². The van der Waals surface area contributed by atoms with Gasteiger partial charge >= 0.3 is 0 Å². The summed E-state index contributed by atoms with van der Waals surface area (Å²) in [6.45, 7) is 6.57. The predicted octanol–water partition coefficient (Wildman–Crippen LogP) is 0.935. The summed E-state index contributed by atoms with van der Waals surface area (Å²) in [5.74, 6) is 0. The van der Waals surface area contributed by atoms with E-state index in [1.165, 1.54) is 5.69 Å². The van der Waals surface area contributed by atoms with E-state index in [1.807, 2.05) is 37.8 Å². The van der Waals surface area contributed by atoms with Gasteiger partial charge < -0.3 is 10.1 Å². The van der Waals surface area contributed by atoms with Crippen molar-refractivity contribution in [2.45, 2.75) is 26.5 Å². The monoisotopic (exact) mass is 197 g/mol. The molecule has 1 rings (SSSR count). The molecule has 0 amide bonds. The van der Waals surface area contributed by atoms with Crippen molar-refractivity contribution >= 4 is 0 Å². The zero-order valence-electron chi connectivity index (χ0n) is 9.16. The molecule has 1 aromatic heterocycles. The van der Waals surface area contributed by atoms with Crippen molar-refractivity contribution in [1.82, 2.24) is 15.1 Å². The van der Waals surface area contributed by atoms with Crippen molar-refractivity contribution in [2.24, 2.45) is 7.05 Å². The Balaban J connectivity index is 2.08. The van der Waals surface area contributed by atoms with Gasteiger partial charge in [0, 0.05) is 26.3 Å². The molecule has 1 heterocycles. The minimum atomic E-state index is 0.313. The summed E-state index contributed by atoms with van der Waals surface area (Å²) >= 11 is 0. The van der Waals surface area contributed by atoms with Crippen LogP contribution in [0, 0.1) is 0 Å². The van der Waals surface area contributed by atoms with E-state index in [0.29, 0.717) is 6.10 Å². The molecular weight excluding hydrogens is 178 g/mol. The number of hydrogen-bond acceptors (Lipinski definition) is 3. The molecule has 0 radical (unpaired) electrons. The molecule has 0 atom stereocenters. The van der Waals surface area contributed by atoms with Crippen LogP contribution in [0.5, 0.6) is 0 Å². The van der Waals surface area contributed by atoms with Crippen LogP contribution >= 0.6 is 0 Å². The maximum Gasteiger partial charge on any atom is 0.0594 e. The molecule has 0 aromatic carbocycles. The zero-order valence-corrected chi connectivity index (χ0v) is 9.16. The van der Waals surface area contributed by atoms with Crippen LogP contribution in [0.4, 0.5) is 0 Å². The van der Waals surface area contributed by atoms with Gasteiger partial charge in [0.25, 0.3) is 0 Å². The molecule has 1 aromatic rings. The second-order valence-corrected chi connectivity index (χ2v) is 3.54. The lowest BCUT2D eigenvalue weighted by atomic mass is 10.4. The molecule has 0 aliphatic carbocycles. The highest BCUT2D eigenvalue weighted by molar-refractivity contribution is 4.98. The highest BCUT2D eigenvalue weighted by Crippen LogP contribution is 1.94. The first kappa shape index (κ1) is 11.2. The molecule has 0 saturated heterocycles. The molecule has 0 unspecified atom stereocenters. The number of nitrogens with one attached hydrogen (secondary N) is 1. The van der Waals surface area contributed by atoms with E-state index in [2.05, 4.69) is 10.4 Å². The topological polar surface area (TPSA) is 39.1 Å². The van der Waals surface area contributed by atoms with Gasteiger partial charge in [-0.25, -0.2) is 0 Å². The summed E-state index contributed by atoms with van der Waals surface area (Å²) in [6, 6.07) is 2.01. The number of aromatic nitrogens is 2. The Bertz CT molecular complexity index is 258. The maximum absolute atomic E-state index is 5.41. The molecule has 0 aliphatic rings. The second kappa shape index (κ2) is 5.78. The molecule has 0 bridgehead atoms. The first-order chi connectivity index (χ1) is 6.70. The van der Waals surface area contributed by atoms with Crippen LogP contribution in [0.2, 0.25) is 0 Å². The third-order valence-electron chi connectivity index (χ3n) is 1.96. The number of ether oxygens (including phenoxy) is 1. The quantitative estimate of drug-likeness (QED) is 0.690. The first-order valence-corrected chi connectivity index (χ1v) is 4.99. The third-order valence-corrected chi connectivity index (χ3v) is 1.96. The van der Waals surface area contributed by atoms with Crippen molar-refractivity contribution in [1.29, 1.82) is 0 Å². The van der Waals surface area contributed by atoms with Gasteiger partial charge in [-0.2, -0.15) is 5.10 Å². The van der Waals surface area contributed by atoms with Crippen LogP contribution in [0.3, 0.4) is 0 Å². The number of rotatable bonds is 6. The summed E-state index contributed by atoms with van der Waals surface area (Å²) < 4.78 is 7.28. The van der Waals surface area contributed by atoms with Crippen molar-refractivity contribution in [3.05, 3.63) is 18.0 Å². The largest absolute Gasteiger partial charge is 0.377 e. The van der Waals surface area contributed by atoms with Crippen LogP contribution in [0.1, 0.15) is 19.5 Å². The van der Waals surface area contributed by atoms with E-state index in [9.17, 15) is 0 Å². The van der Waals surface area contributed by atoms with Crippen LogP contribution in [-0.4, -0.2) is 29.0 Å². The lowest BCUT2D eigenvalue weighted by Gasteiger charge is -2.08. The van der Waals surface area contributed by atoms with E-state index in [1.54, 1.807) is 0 Å². The SMILES string of the molecule is CC(C)OCCNCc1ccnn1C. The lowest BCUT2D eigenvalue weighted by molar-refractivity contribution is 0.0806. The molecule has 0 fully saturated rings. The molecule has 4 nitrogen and oxygen atoms in total. The number of hydrogen-bond donors (Lipinski definition) is 1. The van der Waals surface area contributed by atoms with Crippen molar-refractivity contribution in [2.75, 3.05) is 13.2 Å². The van der Waals surface area contributed by atoms with E-state index >= 15 is 0 Å². The summed E-state index contributed by atoms with van der Waals surface area (Å²) in [7, 11) is 1.95. The van der Waals surface area contributed by atoms with Crippen LogP contribution in [0.15, 0.2) is 12.3 Å². The van der Waals surface area contributed by atoms with Gasteiger partial charge in [-0.1, -0.05) is 0 Å². The highest BCUT2D eigenvalue weighted by Gasteiger charge is 1.97. The summed E-state index contributed by atoms with van der Waals surface area (Å²) in [5, 5.41) is 7.39. The van der Waals surface area contributed by atoms with Crippen LogP contribution in [-0.2, 0) is 18.3 Å². The fourth-order valence-electron chi connectivity index (χ4n) is 1.16. The Morgan fingerprint density at radius 3 is 2.93 bits per heavy atom. The van der Waals surface area contributed by atoms with Gasteiger partial charge in [0.2, 0.25) is 0 Å². The first-order valence-electron chi connectivity index (χ1n) is 4.99. The average Bonchev–Trinajstić information content (AvgIpc) is 2.51. The van der Waals surface area contributed by atoms with E-state index in [0.717, 1.165) is 19.7 Å². The average molecular weight is 197 g/mol. The molecule has 0 saturated carbocycles. The van der Waals surface area contributed by atoms with Gasteiger partial charge in [-0.15, -0.1) is 0 Å². The van der Waals surface area contributed by atoms with Gasteiger partial charge in [-0.3, -0.25) is 4.68 Å². The van der Waals surface area contributed by atoms with Gasteiger partial charge in [0.05, 0.1) is 18.4 Å². The standard InChI is InChI=1S/C10H19N3O/c1-9(2)14-7-6-11-8-10-4-5-12-13(10)3/h4-5,9,11H,6-8H2,1-3H3. The molecule has 4 heteroatoms. The minimum Gasteiger partial charge on any atom is -0.377 e. The number of aryl methyl sites for hydroxylation is 1. The van der Waals surface area contributed by atoms with E-state index in [-0.39, 0.29) is 0 Å². The molecular formula is C10H19N3O. The fourth-order valence-corrected chi connectivity index (χ4v) is 1.16. The van der Waals surface area contributed by atoms with Crippen molar-refractivity contribution in [3.63, 3.8) is 0 Å². The van der Waals surface area contributed by atoms with Gasteiger partial charge in [0.15, 0.2) is 0 Å². The molecule has 14 heavy (non-hydrogen) atoms. The second-order valence-electron chi connectivity index (χ2n) is 3.54. The third kappa shape index (κ3) is 3.89. The van der Waals surface area contributed by atoms with Crippen molar-refractivity contribution < 1.29 is 4.74 Å². The summed E-state index contributed by atoms with van der Waals surface area (Å²) in [6.07, 6.45) is 2.12. The highest BCUT2D eigenvalue weighted by atomic mass is 16.5. The number of nitrogens with zero attached hydrogens (tertiary/aromatic N) is 2. The minimum absolute atomic E-state index is 0.313. The van der Waals surface area contributed by atoms with Crippen molar-refractivity contribution in [3.8, 4) is 0 Å². The van der Waals surface area contributed by atoms with Crippen LogP contribution < -0.4 is 5.32 Å². The summed E-state index contributed by atoms with van der Waals surface area (Å²) in [5.41, 5.74) is 1.19. The van der Waals surface area contributed by atoms with E-state index < -0.39 is 0 Å². The molecule has 1 N–H and O–H groups in total. The Hall–Kier alpha value is -0.870. The smallest absolute Gasteiger partial charge is 0.0594 e. The Morgan fingerprint density at radius 2 is 2.36 bits per heavy atom. The Kier molecular flexibility index (Phi) is 4.62. The van der Waals surface area contributed by atoms with E-state index in [4.69, 9.17) is 4.74 Å². The zero-order chi connectivity index (χ0) is 10.4. The van der Waals surface area contributed by atoms with Gasteiger partial charge in [-0.05, 0) is 19.9 Å². The normalized spacial score (nSPS) is 11.1. The summed E-state index contributed by atoms with van der Waals surface area (Å²) in [4.78, 5) is 0. The van der Waals surface area contributed by atoms with Crippen LogP contribution in [0.25, 0.3) is 0 Å². The molecule has 0 spiro atoms. The predicted molar refractivity (Wildman–Crippen MR) is 56.0 cm³/mol. The fraction of sp³-hybridized carbons (Fsp3) is 0.700.